The molecule has 1 unspecified atom stereocenters. The monoisotopic (exact) mass is 275 g/mol. The van der Waals surface area contributed by atoms with Gasteiger partial charge in [-0.1, -0.05) is 56.9 Å². The van der Waals surface area contributed by atoms with Crippen LogP contribution in [0.1, 0.15) is 62.6 Å². The lowest BCUT2D eigenvalue weighted by Gasteiger charge is -2.39. The molecule has 2 rings (SSSR count). The molecule has 1 N–H and O–H groups in total. The van der Waals surface area contributed by atoms with E-state index in [-0.39, 0.29) is 11.6 Å². The van der Waals surface area contributed by atoms with Gasteiger partial charge in [0.1, 0.15) is 0 Å². The smallest absolute Gasteiger partial charge is 0.0872 e. The van der Waals surface area contributed by atoms with Crippen molar-refractivity contribution in [2.45, 2.75) is 63.5 Å². The molecule has 0 bridgehead atoms. The summed E-state index contributed by atoms with van der Waals surface area (Å²) >= 11 is 0. The van der Waals surface area contributed by atoms with Gasteiger partial charge in [0.25, 0.3) is 0 Å². The first-order valence-corrected chi connectivity index (χ1v) is 8.07. The van der Waals surface area contributed by atoms with Crippen molar-refractivity contribution in [3.8, 4) is 0 Å². The summed E-state index contributed by atoms with van der Waals surface area (Å²) in [7, 11) is 3.94. The van der Waals surface area contributed by atoms with Gasteiger partial charge in [0.15, 0.2) is 0 Å². The summed E-state index contributed by atoms with van der Waals surface area (Å²) in [4.78, 5) is 0. The zero-order valence-electron chi connectivity index (χ0n) is 13.2. The summed E-state index contributed by atoms with van der Waals surface area (Å²) in [6.45, 7) is 2.20. The Bertz CT molecular complexity index is 390. The second-order valence-electron chi connectivity index (χ2n) is 6.00. The van der Waals surface area contributed by atoms with Crippen LogP contribution < -0.4 is 5.32 Å². The van der Waals surface area contributed by atoms with Gasteiger partial charge in [-0.25, -0.2) is 0 Å². The third-order valence-electron chi connectivity index (χ3n) is 4.89. The third kappa shape index (κ3) is 3.24. The van der Waals surface area contributed by atoms with Gasteiger partial charge >= 0.3 is 0 Å². The molecule has 0 heterocycles. The molecule has 1 atom stereocenters. The maximum absolute atomic E-state index is 6.06. The number of nitrogens with one attached hydrogen (secondary N) is 1. The third-order valence-corrected chi connectivity index (χ3v) is 4.89. The lowest BCUT2D eigenvalue weighted by Crippen LogP contribution is -2.44. The molecule has 1 aliphatic carbocycles. The van der Waals surface area contributed by atoms with Gasteiger partial charge in [0, 0.05) is 7.11 Å². The SMILES string of the molecule is CCc1ccc(C(NC)C2(OC)CCCCCC2)cc1. The normalized spacial score (nSPS) is 20.4. The van der Waals surface area contributed by atoms with Crippen LogP contribution in [0.25, 0.3) is 0 Å². The zero-order valence-corrected chi connectivity index (χ0v) is 13.2. The van der Waals surface area contributed by atoms with Crippen molar-refractivity contribution in [1.82, 2.24) is 5.32 Å². The molecule has 1 saturated carbocycles. The molecule has 0 saturated heterocycles. The van der Waals surface area contributed by atoms with E-state index in [9.17, 15) is 0 Å². The van der Waals surface area contributed by atoms with Crippen molar-refractivity contribution in [3.05, 3.63) is 35.4 Å². The van der Waals surface area contributed by atoms with E-state index in [2.05, 4.69) is 43.6 Å². The molecule has 2 heteroatoms. The van der Waals surface area contributed by atoms with Gasteiger partial charge < -0.3 is 10.1 Å². The summed E-state index contributed by atoms with van der Waals surface area (Å²) in [6, 6.07) is 9.33. The average molecular weight is 275 g/mol. The molecule has 0 aromatic heterocycles. The van der Waals surface area contributed by atoms with E-state index in [0.29, 0.717) is 0 Å². The first-order chi connectivity index (χ1) is 9.75. The van der Waals surface area contributed by atoms with Crippen molar-refractivity contribution in [2.75, 3.05) is 14.2 Å². The van der Waals surface area contributed by atoms with Crippen LogP contribution in [0.5, 0.6) is 0 Å². The minimum Gasteiger partial charge on any atom is -0.376 e. The number of likely N-dealkylation sites (N-methyl/N-ethyl adjacent to an activating group) is 1. The molecule has 0 aliphatic heterocycles. The second-order valence-corrected chi connectivity index (χ2v) is 6.00. The van der Waals surface area contributed by atoms with Crippen molar-refractivity contribution >= 4 is 0 Å². The lowest BCUT2D eigenvalue weighted by atomic mass is 9.82. The second kappa shape index (κ2) is 7.24. The molecule has 1 aliphatic rings. The first kappa shape index (κ1) is 15.5. The van der Waals surface area contributed by atoms with E-state index >= 15 is 0 Å². The van der Waals surface area contributed by atoms with E-state index in [1.165, 1.54) is 36.8 Å². The number of hydrogen-bond acceptors (Lipinski definition) is 2. The molecule has 0 spiro atoms. The lowest BCUT2D eigenvalue weighted by molar-refractivity contribution is -0.0522. The molecular weight excluding hydrogens is 246 g/mol. The Labute approximate surface area is 123 Å². The molecule has 2 nitrogen and oxygen atoms in total. The van der Waals surface area contributed by atoms with Crippen LogP contribution in [0.3, 0.4) is 0 Å². The minimum atomic E-state index is -0.0427. The van der Waals surface area contributed by atoms with Gasteiger partial charge in [-0.2, -0.15) is 0 Å². The number of aryl methyl sites for hydroxylation is 1. The van der Waals surface area contributed by atoms with Gasteiger partial charge in [-0.3, -0.25) is 0 Å². The highest BCUT2D eigenvalue weighted by atomic mass is 16.5. The molecule has 1 fully saturated rings. The van der Waals surface area contributed by atoms with E-state index in [1.807, 2.05) is 7.11 Å². The standard InChI is InChI=1S/C18H29NO/c1-4-15-9-11-16(12-10-15)17(19-2)18(20-3)13-7-5-6-8-14-18/h9-12,17,19H,4-8,13-14H2,1-3H3. The molecule has 112 valence electrons. The van der Waals surface area contributed by atoms with Crippen molar-refractivity contribution in [3.63, 3.8) is 0 Å². The molecular formula is C18H29NO. The highest BCUT2D eigenvalue weighted by Crippen LogP contribution is 2.40. The van der Waals surface area contributed by atoms with E-state index in [0.717, 1.165) is 19.3 Å². The van der Waals surface area contributed by atoms with Crippen LogP contribution >= 0.6 is 0 Å². The van der Waals surface area contributed by atoms with Crippen LogP contribution in [0.2, 0.25) is 0 Å². The van der Waals surface area contributed by atoms with Crippen molar-refractivity contribution < 1.29 is 4.74 Å². The number of methoxy groups -OCH3 is 1. The van der Waals surface area contributed by atoms with Crippen molar-refractivity contribution in [2.24, 2.45) is 0 Å². The number of benzene rings is 1. The Morgan fingerprint density at radius 1 is 1.10 bits per heavy atom. The van der Waals surface area contributed by atoms with E-state index in [1.54, 1.807) is 0 Å². The molecule has 20 heavy (non-hydrogen) atoms. The van der Waals surface area contributed by atoms with Crippen molar-refractivity contribution in [1.29, 1.82) is 0 Å². The van der Waals surface area contributed by atoms with Gasteiger partial charge in [0.05, 0.1) is 11.6 Å². The topological polar surface area (TPSA) is 21.3 Å². The summed E-state index contributed by atoms with van der Waals surface area (Å²) in [5.74, 6) is 0. The highest BCUT2D eigenvalue weighted by molar-refractivity contribution is 5.27. The summed E-state index contributed by atoms with van der Waals surface area (Å²) in [5.41, 5.74) is 2.71. The Balaban J connectivity index is 2.27. The highest BCUT2D eigenvalue weighted by Gasteiger charge is 2.39. The van der Waals surface area contributed by atoms with Crippen LogP contribution in [0.15, 0.2) is 24.3 Å². The van der Waals surface area contributed by atoms with Crippen LogP contribution in [0.4, 0.5) is 0 Å². The maximum Gasteiger partial charge on any atom is 0.0872 e. The minimum absolute atomic E-state index is 0.0427. The molecule has 1 aromatic rings. The molecule has 0 amide bonds. The van der Waals surface area contributed by atoms with Crippen LogP contribution in [-0.2, 0) is 11.2 Å². The molecule has 1 aromatic carbocycles. The fraction of sp³-hybridized carbons (Fsp3) is 0.667. The van der Waals surface area contributed by atoms with Crippen LogP contribution in [-0.4, -0.2) is 19.8 Å². The zero-order chi connectivity index (χ0) is 14.4. The van der Waals surface area contributed by atoms with Gasteiger partial charge in [-0.05, 0) is 37.4 Å². The predicted octanol–water partition coefficient (Wildman–Crippen LogP) is 4.25. The van der Waals surface area contributed by atoms with E-state index in [4.69, 9.17) is 4.74 Å². The molecule has 0 radical (unpaired) electrons. The summed E-state index contributed by atoms with van der Waals surface area (Å²) in [5, 5.41) is 3.52. The van der Waals surface area contributed by atoms with Gasteiger partial charge in [-0.15, -0.1) is 0 Å². The average Bonchev–Trinajstić information content (AvgIpc) is 2.75. The quantitative estimate of drug-likeness (QED) is 0.811. The van der Waals surface area contributed by atoms with E-state index < -0.39 is 0 Å². The Morgan fingerprint density at radius 3 is 2.15 bits per heavy atom. The predicted molar refractivity (Wildman–Crippen MR) is 85.1 cm³/mol. The number of ether oxygens (including phenoxy) is 1. The van der Waals surface area contributed by atoms with Crippen LogP contribution in [0, 0.1) is 0 Å². The van der Waals surface area contributed by atoms with Gasteiger partial charge in [0.2, 0.25) is 0 Å². The Kier molecular flexibility index (Phi) is 5.62. The fourth-order valence-corrected chi connectivity index (χ4v) is 3.62. The fourth-order valence-electron chi connectivity index (χ4n) is 3.62. The number of rotatable bonds is 5. The largest absolute Gasteiger partial charge is 0.376 e. The summed E-state index contributed by atoms with van der Waals surface area (Å²) < 4.78 is 6.06. The summed E-state index contributed by atoms with van der Waals surface area (Å²) in [6.07, 6.45) is 8.65. The Morgan fingerprint density at radius 2 is 1.70 bits per heavy atom. The number of hydrogen-bond donors (Lipinski definition) is 1. The first-order valence-electron chi connectivity index (χ1n) is 8.07. The maximum atomic E-state index is 6.06. The Hall–Kier alpha value is -0.860.